The van der Waals surface area contributed by atoms with E-state index < -0.39 is 4.92 Å². The third-order valence-corrected chi connectivity index (χ3v) is 2.12. The van der Waals surface area contributed by atoms with E-state index in [1.54, 1.807) is 0 Å². The summed E-state index contributed by atoms with van der Waals surface area (Å²) in [6.45, 7) is 3.99. The summed E-state index contributed by atoms with van der Waals surface area (Å²) in [5.74, 6) is -0.175. The molecule has 0 aromatic carbocycles. The van der Waals surface area contributed by atoms with Crippen LogP contribution in [-0.4, -0.2) is 33.8 Å². The standard InChI is InChI=1S/C10H16N4O4/c1-7(2)11-9(15)4-5-13-6-8(14(16)17)10(12-13)18-3/h6-7H,4-5H2,1-3H3,(H,11,15). The van der Waals surface area contributed by atoms with Crippen molar-refractivity contribution >= 4 is 11.6 Å². The zero-order valence-corrected chi connectivity index (χ0v) is 10.5. The van der Waals surface area contributed by atoms with Crippen molar-refractivity contribution < 1.29 is 14.5 Å². The zero-order valence-electron chi connectivity index (χ0n) is 10.5. The number of nitrogens with zero attached hydrogens (tertiary/aromatic N) is 3. The Morgan fingerprint density at radius 1 is 1.67 bits per heavy atom. The first-order chi connectivity index (χ1) is 8.43. The second-order valence-electron chi connectivity index (χ2n) is 4.02. The minimum Gasteiger partial charge on any atom is -0.475 e. The average Bonchev–Trinajstić information content (AvgIpc) is 2.68. The molecule has 0 radical (unpaired) electrons. The van der Waals surface area contributed by atoms with Crippen molar-refractivity contribution in [3.63, 3.8) is 0 Å². The van der Waals surface area contributed by atoms with Gasteiger partial charge in [0.25, 0.3) is 0 Å². The summed E-state index contributed by atoms with van der Waals surface area (Å²) in [5.41, 5.74) is -0.207. The molecule has 8 nitrogen and oxygen atoms in total. The van der Waals surface area contributed by atoms with Crippen LogP contribution in [-0.2, 0) is 11.3 Å². The van der Waals surface area contributed by atoms with Crippen molar-refractivity contribution in [2.45, 2.75) is 32.9 Å². The number of hydrogen-bond donors (Lipinski definition) is 1. The lowest BCUT2D eigenvalue weighted by atomic mass is 10.3. The van der Waals surface area contributed by atoms with E-state index in [2.05, 4.69) is 10.4 Å². The first-order valence-electron chi connectivity index (χ1n) is 5.49. The first-order valence-corrected chi connectivity index (χ1v) is 5.49. The predicted molar refractivity (Wildman–Crippen MR) is 63.3 cm³/mol. The van der Waals surface area contributed by atoms with E-state index >= 15 is 0 Å². The number of hydrogen-bond acceptors (Lipinski definition) is 5. The second kappa shape index (κ2) is 5.99. The van der Waals surface area contributed by atoms with Gasteiger partial charge in [-0.25, -0.2) is 0 Å². The summed E-state index contributed by atoms with van der Waals surface area (Å²) in [6, 6.07) is 0.0685. The number of aryl methyl sites for hydroxylation is 1. The molecule has 1 rings (SSSR count). The lowest BCUT2D eigenvalue weighted by Gasteiger charge is -2.07. The van der Waals surface area contributed by atoms with Gasteiger partial charge in [0.15, 0.2) is 0 Å². The van der Waals surface area contributed by atoms with Gasteiger partial charge in [0.1, 0.15) is 6.20 Å². The number of carbonyl (C=O) groups is 1. The van der Waals surface area contributed by atoms with Gasteiger partial charge in [-0.15, -0.1) is 5.10 Å². The van der Waals surface area contributed by atoms with Crippen molar-refractivity contribution in [1.82, 2.24) is 15.1 Å². The quantitative estimate of drug-likeness (QED) is 0.597. The Morgan fingerprint density at radius 3 is 2.78 bits per heavy atom. The fourth-order valence-electron chi connectivity index (χ4n) is 1.39. The maximum Gasteiger partial charge on any atom is 0.350 e. The molecule has 0 saturated heterocycles. The molecule has 0 aliphatic rings. The van der Waals surface area contributed by atoms with E-state index in [1.165, 1.54) is 18.0 Å². The second-order valence-corrected chi connectivity index (χ2v) is 4.02. The molecular formula is C10H16N4O4. The summed E-state index contributed by atoms with van der Waals surface area (Å²) in [6.07, 6.45) is 1.46. The van der Waals surface area contributed by atoms with Crippen LogP contribution in [0.15, 0.2) is 6.20 Å². The topological polar surface area (TPSA) is 99.3 Å². The first kappa shape index (κ1) is 13.9. The Balaban J connectivity index is 2.63. The van der Waals surface area contributed by atoms with Gasteiger partial charge in [0.2, 0.25) is 5.91 Å². The van der Waals surface area contributed by atoms with Crippen LogP contribution in [0, 0.1) is 10.1 Å². The Bertz CT molecular complexity index is 441. The number of ether oxygens (including phenoxy) is 1. The molecule has 8 heteroatoms. The number of nitro groups is 1. The van der Waals surface area contributed by atoms with E-state index in [4.69, 9.17) is 4.74 Å². The van der Waals surface area contributed by atoms with Crippen molar-refractivity contribution in [2.24, 2.45) is 0 Å². The van der Waals surface area contributed by atoms with E-state index in [0.29, 0.717) is 0 Å². The van der Waals surface area contributed by atoms with Crippen LogP contribution in [0.5, 0.6) is 5.88 Å². The average molecular weight is 256 g/mol. The number of rotatable bonds is 6. The minimum atomic E-state index is -0.573. The molecule has 1 amide bonds. The lowest BCUT2D eigenvalue weighted by molar-refractivity contribution is -0.385. The molecule has 0 unspecified atom stereocenters. The van der Waals surface area contributed by atoms with Gasteiger partial charge < -0.3 is 10.1 Å². The smallest absolute Gasteiger partial charge is 0.350 e. The third-order valence-electron chi connectivity index (χ3n) is 2.12. The van der Waals surface area contributed by atoms with Crippen LogP contribution in [0.1, 0.15) is 20.3 Å². The Hall–Kier alpha value is -2.12. The molecule has 0 bridgehead atoms. The van der Waals surface area contributed by atoms with Gasteiger partial charge in [0, 0.05) is 12.5 Å². The fraction of sp³-hybridized carbons (Fsp3) is 0.600. The van der Waals surface area contributed by atoms with Crippen LogP contribution >= 0.6 is 0 Å². The van der Waals surface area contributed by atoms with Crippen LogP contribution in [0.25, 0.3) is 0 Å². The summed E-state index contributed by atoms with van der Waals surface area (Å²) < 4.78 is 6.11. The Morgan fingerprint density at radius 2 is 2.33 bits per heavy atom. The SMILES string of the molecule is COc1nn(CCC(=O)NC(C)C)cc1[N+](=O)[O-]. The molecule has 1 N–H and O–H groups in total. The Labute approximate surface area is 104 Å². The minimum absolute atomic E-state index is 0.0516. The third kappa shape index (κ3) is 3.72. The van der Waals surface area contributed by atoms with Gasteiger partial charge in [-0.1, -0.05) is 0 Å². The molecular weight excluding hydrogens is 240 g/mol. The van der Waals surface area contributed by atoms with Gasteiger partial charge in [0.05, 0.1) is 18.6 Å². The number of amides is 1. The molecule has 0 atom stereocenters. The highest BCUT2D eigenvalue weighted by Crippen LogP contribution is 2.23. The summed E-state index contributed by atoms with van der Waals surface area (Å²) in [5, 5.41) is 17.3. The number of methoxy groups -OCH3 is 1. The highest BCUT2D eigenvalue weighted by molar-refractivity contribution is 5.76. The van der Waals surface area contributed by atoms with Crippen molar-refractivity contribution in [3.8, 4) is 5.88 Å². The molecule has 1 aromatic heterocycles. The lowest BCUT2D eigenvalue weighted by Crippen LogP contribution is -2.30. The van der Waals surface area contributed by atoms with Gasteiger partial charge in [-0.05, 0) is 13.8 Å². The number of carbonyl (C=O) groups excluding carboxylic acids is 1. The maximum atomic E-state index is 11.4. The molecule has 0 spiro atoms. The molecule has 1 aromatic rings. The summed E-state index contributed by atoms with van der Waals surface area (Å²) in [4.78, 5) is 21.5. The molecule has 0 saturated carbocycles. The number of aromatic nitrogens is 2. The van der Waals surface area contributed by atoms with E-state index in [9.17, 15) is 14.9 Å². The Kier molecular flexibility index (Phi) is 4.64. The molecule has 0 aliphatic heterocycles. The monoisotopic (exact) mass is 256 g/mol. The van der Waals surface area contributed by atoms with Gasteiger partial charge in [-0.3, -0.25) is 19.6 Å². The fourth-order valence-corrected chi connectivity index (χ4v) is 1.39. The molecule has 18 heavy (non-hydrogen) atoms. The van der Waals surface area contributed by atoms with Crippen LogP contribution in [0.3, 0.4) is 0 Å². The molecule has 100 valence electrons. The van der Waals surface area contributed by atoms with Gasteiger partial charge >= 0.3 is 11.6 Å². The molecule has 1 heterocycles. The van der Waals surface area contributed by atoms with Gasteiger partial charge in [-0.2, -0.15) is 0 Å². The largest absolute Gasteiger partial charge is 0.475 e. The highest BCUT2D eigenvalue weighted by Gasteiger charge is 2.20. The zero-order chi connectivity index (χ0) is 13.7. The molecule has 0 aliphatic carbocycles. The van der Waals surface area contributed by atoms with Crippen molar-refractivity contribution in [2.75, 3.05) is 7.11 Å². The van der Waals surface area contributed by atoms with Crippen LogP contribution in [0.4, 0.5) is 5.69 Å². The summed E-state index contributed by atoms with van der Waals surface area (Å²) in [7, 11) is 1.31. The van der Waals surface area contributed by atoms with Crippen molar-refractivity contribution in [3.05, 3.63) is 16.3 Å². The van der Waals surface area contributed by atoms with E-state index in [1.807, 2.05) is 13.8 Å². The van der Waals surface area contributed by atoms with E-state index in [-0.39, 0.29) is 36.5 Å². The van der Waals surface area contributed by atoms with Crippen LogP contribution in [0.2, 0.25) is 0 Å². The normalized spacial score (nSPS) is 10.4. The highest BCUT2D eigenvalue weighted by atomic mass is 16.6. The van der Waals surface area contributed by atoms with Crippen LogP contribution < -0.4 is 10.1 Å². The number of nitrogens with one attached hydrogen (secondary N) is 1. The summed E-state index contributed by atoms with van der Waals surface area (Å²) >= 11 is 0. The van der Waals surface area contributed by atoms with Crippen molar-refractivity contribution in [1.29, 1.82) is 0 Å². The van der Waals surface area contributed by atoms with E-state index in [0.717, 1.165) is 0 Å². The molecule has 0 fully saturated rings. The maximum absolute atomic E-state index is 11.4. The predicted octanol–water partition coefficient (Wildman–Crippen LogP) is 0.715.